The van der Waals surface area contributed by atoms with Gasteiger partial charge in [0.15, 0.2) is 0 Å². The largest absolute Gasteiger partial charge is 0.364 e. The van der Waals surface area contributed by atoms with Gasteiger partial charge >= 0.3 is 0 Å². The highest BCUT2D eigenvalue weighted by molar-refractivity contribution is 5.85. The molecule has 0 bridgehead atoms. The molecule has 0 saturated carbocycles. The van der Waals surface area contributed by atoms with Crippen molar-refractivity contribution in [3.05, 3.63) is 35.6 Å². The molecule has 2 atom stereocenters. The summed E-state index contributed by atoms with van der Waals surface area (Å²) in [6.45, 7) is 2.07. The lowest BCUT2D eigenvalue weighted by molar-refractivity contribution is -0.144. The number of halogens is 2. The van der Waals surface area contributed by atoms with E-state index in [1.54, 1.807) is 0 Å². The van der Waals surface area contributed by atoms with E-state index < -0.39 is 0 Å². The maximum atomic E-state index is 12.9. The van der Waals surface area contributed by atoms with E-state index in [1.807, 2.05) is 17.0 Å². The fourth-order valence-corrected chi connectivity index (χ4v) is 3.58. The number of carbonyl (C=O) groups excluding carboxylic acids is 1. The maximum Gasteiger partial charge on any atom is 0.251 e. The predicted octanol–water partition coefficient (Wildman–Crippen LogP) is 2.53. The molecule has 134 valence electrons. The van der Waals surface area contributed by atoms with Crippen LogP contribution in [0.5, 0.6) is 0 Å². The minimum Gasteiger partial charge on any atom is -0.364 e. The van der Waals surface area contributed by atoms with Crippen molar-refractivity contribution in [1.82, 2.24) is 4.90 Å². The molecule has 24 heavy (non-hydrogen) atoms. The monoisotopic (exact) mass is 356 g/mol. The molecule has 0 aromatic heterocycles. The van der Waals surface area contributed by atoms with Gasteiger partial charge in [0.1, 0.15) is 11.9 Å². The van der Waals surface area contributed by atoms with Crippen molar-refractivity contribution < 1.29 is 13.9 Å². The van der Waals surface area contributed by atoms with E-state index in [-0.39, 0.29) is 36.3 Å². The summed E-state index contributed by atoms with van der Waals surface area (Å²) in [4.78, 5) is 14.4. The zero-order valence-electron chi connectivity index (χ0n) is 13.8. The molecule has 2 heterocycles. The molecule has 1 aromatic rings. The first-order valence-electron chi connectivity index (χ1n) is 8.54. The number of benzene rings is 1. The lowest BCUT2D eigenvalue weighted by atomic mass is 9.90. The molecule has 1 amide bonds. The Morgan fingerprint density at radius 1 is 1.17 bits per heavy atom. The molecule has 2 fully saturated rings. The lowest BCUT2D eigenvalue weighted by Gasteiger charge is -2.33. The maximum absolute atomic E-state index is 12.9. The Balaban J connectivity index is 0.00000208. The molecule has 2 aliphatic rings. The van der Waals surface area contributed by atoms with E-state index in [0.717, 1.165) is 45.2 Å². The molecule has 2 saturated heterocycles. The molecule has 0 unspecified atom stereocenters. The van der Waals surface area contributed by atoms with Crippen molar-refractivity contribution in [3.63, 3.8) is 0 Å². The summed E-state index contributed by atoms with van der Waals surface area (Å²) in [7, 11) is 0. The Labute approximate surface area is 148 Å². The van der Waals surface area contributed by atoms with Gasteiger partial charge < -0.3 is 15.4 Å². The van der Waals surface area contributed by atoms with Gasteiger partial charge in [-0.3, -0.25) is 4.79 Å². The number of piperidine rings is 1. The van der Waals surface area contributed by atoms with Crippen LogP contribution in [0.1, 0.15) is 31.2 Å². The third kappa shape index (κ3) is 4.68. The minimum absolute atomic E-state index is 0. The van der Waals surface area contributed by atoms with Crippen molar-refractivity contribution in [2.24, 2.45) is 11.7 Å². The Hall–Kier alpha value is -1.17. The van der Waals surface area contributed by atoms with Crippen molar-refractivity contribution in [3.8, 4) is 0 Å². The quantitative estimate of drug-likeness (QED) is 0.902. The summed E-state index contributed by atoms with van der Waals surface area (Å²) in [5.41, 5.74) is 6.77. The zero-order chi connectivity index (χ0) is 16.2. The Kier molecular flexibility index (Phi) is 7.02. The van der Waals surface area contributed by atoms with E-state index in [2.05, 4.69) is 0 Å². The third-order valence-corrected chi connectivity index (χ3v) is 5.01. The van der Waals surface area contributed by atoms with Gasteiger partial charge in [0.05, 0.1) is 6.10 Å². The topological polar surface area (TPSA) is 55.6 Å². The van der Waals surface area contributed by atoms with Crippen molar-refractivity contribution in [2.75, 3.05) is 19.6 Å². The van der Waals surface area contributed by atoms with Gasteiger partial charge in [-0.25, -0.2) is 4.39 Å². The van der Waals surface area contributed by atoms with Crippen LogP contribution >= 0.6 is 12.4 Å². The van der Waals surface area contributed by atoms with Gasteiger partial charge in [-0.2, -0.15) is 0 Å². The van der Waals surface area contributed by atoms with Gasteiger partial charge in [-0.05, 0) is 55.7 Å². The Morgan fingerprint density at radius 3 is 2.42 bits per heavy atom. The normalized spacial score (nSPS) is 24.7. The summed E-state index contributed by atoms with van der Waals surface area (Å²) in [5.74, 6) is 0.494. The number of amides is 1. The molecule has 0 radical (unpaired) electrons. The smallest absolute Gasteiger partial charge is 0.251 e. The molecule has 0 spiro atoms. The van der Waals surface area contributed by atoms with Crippen molar-refractivity contribution in [2.45, 2.75) is 44.3 Å². The third-order valence-electron chi connectivity index (χ3n) is 5.01. The van der Waals surface area contributed by atoms with E-state index in [4.69, 9.17) is 10.5 Å². The molecule has 4 nitrogen and oxygen atoms in total. The Morgan fingerprint density at radius 2 is 1.83 bits per heavy atom. The molecule has 3 rings (SSSR count). The molecule has 2 aliphatic heterocycles. The fourth-order valence-electron chi connectivity index (χ4n) is 3.58. The second kappa shape index (κ2) is 8.79. The SMILES string of the molecule is Cl.NC[C@H]1CC[C@@H](C(=O)N2CCC(Cc3ccc(F)cc3)CC2)O1. The molecule has 0 aliphatic carbocycles. The van der Waals surface area contributed by atoms with E-state index >= 15 is 0 Å². The zero-order valence-corrected chi connectivity index (χ0v) is 14.6. The summed E-state index contributed by atoms with van der Waals surface area (Å²) in [5, 5.41) is 0. The van der Waals surface area contributed by atoms with Crippen LogP contribution < -0.4 is 5.73 Å². The molecular weight excluding hydrogens is 331 g/mol. The number of nitrogens with zero attached hydrogens (tertiary/aromatic N) is 1. The van der Waals surface area contributed by atoms with Crippen LogP contribution in [-0.2, 0) is 16.0 Å². The highest BCUT2D eigenvalue weighted by atomic mass is 35.5. The highest BCUT2D eigenvalue weighted by Gasteiger charge is 2.34. The fraction of sp³-hybridized carbons (Fsp3) is 0.611. The van der Waals surface area contributed by atoms with Crippen LogP contribution in [0.25, 0.3) is 0 Å². The van der Waals surface area contributed by atoms with Crippen LogP contribution in [0.2, 0.25) is 0 Å². The standard InChI is InChI=1S/C18H25FN2O2.ClH/c19-15-3-1-13(2-4-15)11-14-7-9-21(10-8-14)18(22)17-6-5-16(12-20)23-17;/h1-4,14,16-17H,5-12,20H2;1H/t16-,17+;/m1./s1. The van der Waals surface area contributed by atoms with Gasteiger partial charge in [-0.15, -0.1) is 12.4 Å². The summed E-state index contributed by atoms with van der Waals surface area (Å²) < 4.78 is 18.7. The number of likely N-dealkylation sites (tertiary alicyclic amines) is 1. The highest BCUT2D eigenvalue weighted by Crippen LogP contribution is 2.25. The average molecular weight is 357 g/mol. The van der Waals surface area contributed by atoms with Gasteiger partial charge in [-0.1, -0.05) is 12.1 Å². The summed E-state index contributed by atoms with van der Waals surface area (Å²) >= 11 is 0. The first-order valence-corrected chi connectivity index (χ1v) is 8.54. The number of hydrogen-bond donors (Lipinski definition) is 1. The number of carbonyl (C=O) groups is 1. The summed E-state index contributed by atoms with van der Waals surface area (Å²) in [6.07, 6.45) is 4.37. The predicted molar refractivity (Wildman–Crippen MR) is 93.6 cm³/mol. The Bertz CT molecular complexity index is 532. The lowest BCUT2D eigenvalue weighted by Crippen LogP contribution is -2.44. The van der Waals surface area contributed by atoms with Gasteiger partial charge in [0, 0.05) is 19.6 Å². The van der Waals surface area contributed by atoms with E-state index in [1.165, 1.54) is 17.7 Å². The van der Waals surface area contributed by atoms with E-state index in [0.29, 0.717) is 12.5 Å². The first-order chi connectivity index (χ1) is 11.2. The summed E-state index contributed by atoms with van der Waals surface area (Å²) in [6, 6.07) is 6.73. The molecule has 2 N–H and O–H groups in total. The van der Waals surface area contributed by atoms with Crippen molar-refractivity contribution >= 4 is 18.3 Å². The first kappa shape index (κ1) is 19.2. The molecular formula is C18H26ClFN2O2. The number of ether oxygens (including phenoxy) is 1. The van der Waals surface area contributed by atoms with Gasteiger partial charge in [0.25, 0.3) is 5.91 Å². The molecule has 1 aromatic carbocycles. The molecule has 6 heteroatoms. The van der Waals surface area contributed by atoms with E-state index in [9.17, 15) is 9.18 Å². The average Bonchev–Trinajstić information content (AvgIpc) is 3.06. The van der Waals surface area contributed by atoms with Crippen LogP contribution in [0, 0.1) is 11.7 Å². The van der Waals surface area contributed by atoms with Crippen LogP contribution in [0.15, 0.2) is 24.3 Å². The van der Waals surface area contributed by atoms with Crippen LogP contribution in [0.4, 0.5) is 4.39 Å². The minimum atomic E-state index is -0.294. The van der Waals surface area contributed by atoms with Crippen LogP contribution in [-0.4, -0.2) is 42.6 Å². The number of nitrogens with two attached hydrogens (primary N) is 1. The number of rotatable bonds is 4. The second-order valence-electron chi connectivity index (χ2n) is 6.66. The van der Waals surface area contributed by atoms with Gasteiger partial charge in [0.2, 0.25) is 0 Å². The second-order valence-corrected chi connectivity index (χ2v) is 6.66. The van der Waals surface area contributed by atoms with Crippen LogP contribution in [0.3, 0.4) is 0 Å². The van der Waals surface area contributed by atoms with Crippen molar-refractivity contribution in [1.29, 1.82) is 0 Å². The number of hydrogen-bond acceptors (Lipinski definition) is 3.